The third kappa shape index (κ3) is 3.09. The van der Waals surface area contributed by atoms with Gasteiger partial charge in [-0.25, -0.2) is 4.98 Å². The van der Waals surface area contributed by atoms with E-state index in [-0.39, 0.29) is 5.75 Å². The highest BCUT2D eigenvalue weighted by atomic mass is 32.1. The van der Waals surface area contributed by atoms with Gasteiger partial charge < -0.3 is 14.8 Å². The molecule has 0 saturated heterocycles. The largest absolute Gasteiger partial charge is 0.507 e. The van der Waals surface area contributed by atoms with E-state index in [2.05, 4.69) is 20.5 Å². The van der Waals surface area contributed by atoms with Crippen LogP contribution < -0.4 is 10.2 Å². The lowest BCUT2D eigenvalue weighted by Gasteiger charge is -2.04. The maximum Gasteiger partial charge on any atom is 0.203 e. The molecule has 112 valence electrons. The lowest BCUT2D eigenvalue weighted by atomic mass is 10.1. The minimum atomic E-state index is 0.161. The van der Waals surface area contributed by atoms with Crippen molar-refractivity contribution in [3.63, 3.8) is 0 Å². The van der Waals surface area contributed by atoms with Gasteiger partial charge in [0, 0.05) is 28.9 Å². The normalized spacial score (nSPS) is 11.0. The molecule has 22 heavy (non-hydrogen) atoms. The van der Waals surface area contributed by atoms with Crippen molar-refractivity contribution in [3.05, 3.63) is 47.6 Å². The van der Waals surface area contributed by atoms with Crippen molar-refractivity contribution >= 4 is 22.7 Å². The molecule has 0 atom stereocenters. The van der Waals surface area contributed by atoms with Crippen LogP contribution in [0.25, 0.3) is 11.3 Å². The zero-order valence-electron chi connectivity index (χ0n) is 11.8. The first-order valence-corrected chi connectivity index (χ1v) is 7.39. The van der Waals surface area contributed by atoms with Gasteiger partial charge in [0.05, 0.1) is 19.0 Å². The van der Waals surface area contributed by atoms with Crippen molar-refractivity contribution < 1.29 is 9.84 Å². The fraction of sp³-hybridized carbons (Fsp3) is 0.0667. The second kappa shape index (κ2) is 6.31. The molecule has 0 bridgehead atoms. The molecule has 3 N–H and O–H groups in total. The lowest BCUT2D eigenvalue weighted by Crippen LogP contribution is -1.89. The molecular weight excluding hydrogens is 300 g/mol. The molecule has 3 aromatic rings. The number of aromatic amines is 1. The number of anilines is 1. The van der Waals surface area contributed by atoms with E-state index in [0.29, 0.717) is 22.1 Å². The Labute approximate surface area is 131 Å². The van der Waals surface area contributed by atoms with Crippen molar-refractivity contribution in [2.75, 3.05) is 12.5 Å². The summed E-state index contributed by atoms with van der Waals surface area (Å²) in [4.78, 5) is 7.36. The van der Waals surface area contributed by atoms with E-state index in [1.165, 1.54) is 11.3 Å². The smallest absolute Gasteiger partial charge is 0.203 e. The maximum atomic E-state index is 9.95. The van der Waals surface area contributed by atoms with Gasteiger partial charge in [-0.2, -0.15) is 5.10 Å². The molecule has 2 aromatic heterocycles. The van der Waals surface area contributed by atoms with E-state index in [0.717, 1.165) is 5.56 Å². The van der Waals surface area contributed by atoms with Crippen LogP contribution in [0, 0.1) is 0 Å². The Morgan fingerprint density at radius 2 is 2.32 bits per heavy atom. The van der Waals surface area contributed by atoms with Crippen molar-refractivity contribution in [1.29, 1.82) is 0 Å². The summed E-state index contributed by atoms with van der Waals surface area (Å²) in [5.41, 5.74) is 5.13. The predicted octanol–water partition coefficient (Wildman–Crippen LogP) is 3.30. The fourth-order valence-electron chi connectivity index (χ4n) is 1.88. The summed E-state index contributed by atoms with van der Waals surface area (Å²) in [6.45, 7) is 0. The highest BCUT2D eigenvalue weighted by Gasteiger charge is 2.10. The third-order valence-electron chi connectivity index (χ3n) is 2.98. The summed E-state index contributed by atoms with van der Waals surface area (Å²) in [6, 6.07) is 6.94. The zero-order chi connectivity index (χ0) is 15.4. The van der Waals surface area contributed by atoms with Gasteiger partial charge in [-0.15, -0.1) is 11.3 Å². The van der Waals surface area contributed by atoms with Crippen molar-refractivity contribution in [3.8, 4) is 22.8 Å². The Balaban J connectivity index is 1.76. The number of H-pyrrole nitrogens is 1. The first kappa shape index (κ1) is 14.2. The van der Waals surface area contributed by atoms with Crippen molar-refractivity contribution in [2.24, 2.45) is 5.10 Å². The topological polar surface area (TPSA) is 82.5 Å². The molecule has 0 fully saturated rings. The number of aromatic nitrogens is 2. The molecule has 0 radical (unpaired) electrons. The molecule has 6 nitrogen and oxygen atoms in total. The first-order chi connectivity index (χ1) is 10.8. The van der Waals surface area contributed by atoms with Gasteiger partial charge in [-0.3, -0.25) is 5.43 Å². The molecule has 0 aliphatic rings. The average Bonchev–Trinajstić information content (AvgIpc) is 3.20. The van der Waals surface area contributed by atoms with Crippen molar-refractivity contribution in [1.82, 2.24) is 9.97 Å². The van der Waals surface area contributed by atoms with Crippen LogP contribution in [0.2, 0.25) is 0 Å². The van der Waals surface area contributed by atoms with Crippen LogP contribution >= 0.6 is 11.3 Å². The number of nitrogens with zero attached hydrogens (tertiary/aromatic N) is 2. The van der Waals surface area contributed by atoms with Gasteiger partial charge in [-0.05, 0) is 24.3 Å². The summed E-state index contributed by atoms with van der Waals surface area (Å²) >= 11 is 1.41. The van der Waals surface area contributed by atoms with E-state index in [9.17, 15) is 5.11 Å². The molecule has 0 amide bonds. The average molecular weight is 314 g/mol. The monoisotopic (exact) mass is 314 g/mol. The minimum Gasteiger partial charge on any atom is -0.507 e. The number of ether oxygens (including phenoxy) is 1. The first-order valence-electron chi connectivity index (χ1n) is 6.51. The number of nitrogens with one attached hydrogen (secondary N) is 2. The van der Waals surface area contributed by atoms with Crippen LogP contribution in [0.4, 0.5) is 5.13 Å². The number of hydrazone groups is 1. The molecular formula is C15H14N4O2S. The number of rotatable bonds is 5. The molecule has 3 rings (SSSR count). The van der Waals surface area contributed by atoms with E-state index < -0.39 is 0 Å². The second-order valence-electron chi connectivity index (χ2n) is 4.44. The highest BCUT2D eigenvalue weighted by molar-refractivity contribution is 7.14. The third-order valence-corrected chi connectivity index (χ3v) is 3.73. The van der Waals surface area contributed by atoms with Crippen LogP contribution in [-0.4, -0.2) is 28.4 Å². The van der Waals surface area contributed by atoms with Gasteiger partial charge in [0.25, 0.3) is 0 Å². The standard InChI is InChI=1S/C15H14N4O2S/c1-21-11-2-3-14(20)12(6-11)13-9-22-15(18-13)19-17-8-10-4-5-16-7-10/h2-9,16,20H,1H3,(H,18,19)/b17-8+. The summed E-state index contributed by atoms with van der Waals surface area (Å²) < 4.78 is 5.17. The van der Waals surface area contributed by atoms with E-state index >= 15 is 0 Å². The Bertz CT molecular complexity index is 781. The van der Waals surface area contributed by atoms with Gasteiger partial charge in [0.2, 0.25) is 5.13 Å². The lowest BCUT2D eigenvalue weighted by molar-refractivity contribution is 0.412. The number of methoxy groups -OCH3 is 1. The van der Waals surface area contributed by atoms with Crippen molar-refractivity contribution in [2.45, 2.75) is 0 Å². The Morgan fingerprint density at radius 1 is 1.41 bits per heavy atom. The van der Waals surface area contributed by atoms with Crippen LogP contribution in [0.15, 0.2) is 47.1 Å². The number of hydrogen-bond donors (Lipinski definition) is 3. The predicted molar refractivity (Wildman–Crippen MR) is 87.8 cm³/mol. The van der Waals surface area contributed by atoms with Crippen LogP contribution in [0.1, 0.15) is 5.56 Å². The van der Waals surface area contributed by atoms with Gasteiger partial charge in [-0.1, -0.05) is 0 Å². The minimum absolute atomic E-state index is 0.161. The van der Waals surface area contributed by atoms with Gasteiger partial charge in [0.1, 0.15) is 11.5 Å². The quantitative estimate of drug-likeness (QED) is 0.498. The van der Waals surface area contributed by atoms with E-state index in [1.54, 1.807) is 31.5 Å². The summed E-state index contributed by atoms with van der Waals surface area (Å²) in [5.74, 6) is 0.828. The second-order valence-corrected chi connectivity index (χ2v) is 5.29. The molecule has 0 aliphatic carbocycles. The van der Waals surface area contributed by atoms with E-state index in [1.807, 2.05) is 23.8 Å². The van der Waals surface area contributed by atoms with E-state index in [4.69, 9.17) is 4.74 Å². The molecule has 0 aliphatic heterocycles. The summed E-state index contributed by atoms with van der Waals surface area (Å²) in [7, 11) is 1.58. The summed E-state index contributed by atoms with van der Waals surface area (Å²) in [6.07, 6.45) is 5.36. The number of thiazole rings is 1. The Morgan fingerprint density at radius 3 is 3.09 bits per heavy atom. The fourth-order valence-corrected chi connectivity index (χ4v) is 2.53. The van der Waals surface area contributed by atoms with Gasteiger partial charge in [0.15, 0.2) is 0 Å². The van der Waals surface area contributed by atoms with Crippen LogP contribution in [0.3, 0.4) is 0 Å². The number of phenolic OH excluding ortho intramolecular Hbond substituents is 1. The number of aromatic hydroxyl groups is 1. The highest BCUT2D eigenvalue weighted by Crippen LogP contribution is 2.34. The molecule has 0 spiro atoms. The summed E-state index contributed by atoms with van der Waals surface area (Å²) in [5, 5.41) is 16.6. The number of benzene rings is 1. The zero-order valence-corrected chi connectivity index (χ0v) is 12.6. The molecule has 7 heteroatoms. The van der Waals surface area contributed by atoms with Crippen LogP contribution in [-0.2, 0) is 0 Å². The molecule has 0 saturated carbocycles. The maximum absolute atomic E-state index is 9.95. The van der Waals surface area contributed by atoms with Crippen LogP contribution in [0.5, 0.6) is 11.5 Å². The Kier molecular flexibility index (Phi) is 4.06. The van der Waals surface area contributed by atoms with Gasteiger partial charge >= 0.3 is 0 Å². The SMILES string of the molecule is COc1ccc(O)c(-c2csc(N/N=C/c3cc[nH]c3)n2)c1. The number of phenols is 1. The molecule has 2 heterocycles. The molecule has 1 aromatic carbocycles. The number of hydrogen-bond acceptors (Lipinski definition) is 6. The Hall–Kier alpha value is -2.80. The molecule has 0 unspecified atom stereocenters.